The first-order valence-corrected chi connectivity index (χ1v) is 12.0. The molecule has 0 spiro atoms. The second-order valence-electron chi connectivity index (χ2n) is 9.30. The van der Waals surface area contributed by atoms with Gasteiger partial charge in [-0.05, 0) is 6.54 Å². The molecule has 2 aliphatic carbocycles. The summed E-state index contributed by atoms with van der Waals surface area (Å²) in [5, 5.41) is 1.76. The van der Waals surface area contributed by atoms with Gasteiger partial charge in [0.25, 0.3) is 5.79 Å². The van der Waals surface area contributed by atoms with Crippen LogP contribution in [0, 0.1) is 81.4 Å². The minimum absolute atomic E-state index is 0.318. The number of benzene rings is 3. The fraction of sp³-hybridized carbons (Fsp3) is 0.185. The first-order valence-electron chi connectivity index (χ1n) is 12.0. The van der Waals surface area contributed by atoms with Crippen molar-refractivity contribution in [1.82, 2.24) is 5.32 Å². The minimum atomic E-state index is -3.66. The normalized spacial score (nSPS) is 19.0. The van der Waals surface area contributed by atoms with Crippen LogP contribution in [-0.4, -0.2) is 18.5 Å². The number of allylic oxidation sites excluding steroid dienone is 2. The zero-order valence-electron chi connectivity index (χ0n) is 21.8. The van der Waals surface area contributed by atoms with E-state index in [9.17, 15) is 79.0 Å². The van der Waals surface area contributed by atoms with Crippen molar-refractivity contribution in [1.29, 1.82) is 0 Å². The van der Waals surface area contributed by atoms with Crippen LogP contribution in [0.2, 0.25) is 0 Å². The molecule has 1 nitrogen and oxygen atoms in total. The van der Waals surface area contributed by atoms with Crippen molar-refractivity contribution >= 4 is 5.57 Å². The van der Waals surface area contributed by atoms with E-state index in [1.165, 1.54) is 6.92 Å². The molecule has 5 rings (SSSR count). The molecule has 0 saturated carbocycles. The predicted octanol–water partition coefficient (Wildman–Crippen LogP) is 9.07. The summed E-state index contributed by atoms with van der Waals surface area (Å²) in [6.45, 7) is 0.961. The van der Waals surface area contributed by atoms with Crippen LogP contribution in [0.25, 0.3) is 16.7 Å². The molecule has 2 atom stereocenters. The Balaban J connectivity index is 0.000000210. The van der Waals surface area contributed by atoms with Gasteiger partial charge in [-0.1, -0.05) is 6.92 Å². The summed E-state index contributed by atoms with van der Waals surface area (Å²) in [5.41, 5.74) is -8.46. The lowest BCUT2D eigenvalue weighted by Gasteiger charge is -2.33. The number of hydrogen-bond donors (Lipinski definition) is 1. The van der Waals surface area contributed by atoms with Gasteiger partial charge in [0.05, 0.1) is 11.1 Å². The molecule has 0 fully saturated rings. The lowest BCUT2D eigenvalue weighted by atomic mass is 9.88. The van der Waals surface area contributed by atoms with Crippen LogP contribution in [0.15, 0.2) is 17.2 Å². The van der Waals surface area contributed by atoms with E-state index in [0.717, 1.165) is 0 Å². The Bertz CT molecular complexity index is 1750. The molecule has 0 radical (unpaired) electrons. The summed E-state index contributed by atoms with van der Waals surface area (Å²) in [6, 6.07) is 0. The van der Waals surface area contributed by atoms with Crippen LogP contribution in [0.1, 0.15) is 18.1 Å². The van der Waals surface area contributed by atoms with Crippen LogP contribution in [-0.2, 0) is 6.42 Å². The van der Waals surface area contributed by atoms with Crippen LogP contribution in [0.5, 0.6) is 0 Å². The Morgan fingerprint density at radius 3 is 1.22 bits per heavy atom. The van der Waals surface area contributed by atoms with E-state index >= 15 is 0 Å². The highest BCUT2D eigenvalue weighted by atomic mass is 19.2. The van der Waals surface area contributed by atoms with Crippen LogP contribution < -0.4 is 5.32 Å². The lowest BCUT2D eigenvalue weighted by molar-refractivity contribution is 0.0546. The topological polar surface area (TPSA) is 12.0 Å². The predicted molar refractivity (Wildman–Crippen MR) is 120 cm³/mol. The van der Waals surface area contributed by atoms with Crippen molar-refractivity contribution in [2.45, 2.75) is 25.3 Å². The van der Waals surface area contributed by atoms with E-state index in [2.05, 4.69) is 0 Å². The Labute approximate surface area is 243 Å². The maximum Gasteiger partial charge on any atom is 0.251 e. The third-order valence-corrected chi connectivity index (χ3v) is 6.80. The van der Waals surface area contributed by atoms with E-state index in [1.54, 1.807) is 5.32 Å². The van der Waals surface area contributed by atoms with Crippen LogP contribution >= 0.6 is 0 Å². The molecule has 0 aliphatic heterocycles. The number of fused-ring (bicyclic) bond motifs is 2. The fourth-order valence-electron chi connectivity index (χ4n) is 4.70. The van der Waals surface area contributed by atoms with Crippen LogP contribution in [0.3, 0.4) is 0 Å². The minimum Gasteiger partial charge on any atom is -0.277 e. The first kappa shape index (κ1) is 34.7. The van der Waals surface area contributed by atoms with E-state index < -0.39 is 145 Å². The van der Waals surface area contributed by atoms with Crippen molar-refractivity contribution in [3.05, 3.63) is 110 Å². The Morgan fingerprint density at radius 2 is 0.848 bits per heavy atom. The molecule has 3 aromatic carbocycles. The lowest BCUT2D eigenvalue weighted by Crippen LogP contribution is -2.52. The maximum absolute atomic E-state index is 14.6. The molecule has 2 unspecified atom stereocenters. The van der Waals surface area contributed by atoms with Gasteiger partial charge < -0.3 is 0 Å². The standard InChI is InChI=1S/C15H9F8N.C12F10/c1-2-24-15(23)13(21)7-5(9(17)14(15)22)3-4-6(7)10(18)12(20)11(19)8(4)16;13-3-1(4(14)8(18)11(21)7(3)17)2-5(15)9(19)12(22)10(20)6(2)16/h13,24H,2-3H2,1H3;. The fourth-order valence-corrected chi connectivity index (χ4v) is 4.70. The van der Waals surface area contributed by atoms with Crippen molar-refractivity contribution in [3.8, 4) is 11.1 Å². The number of likely N-dealkylation sites (N-methyl/N-ethyl adjacent to an activating group) is 1. The maximum atomic E-state index is 14.6. The summed E-state index contributed by atoms with van der Waals surface area (Å²) >= 11 is 0. The molecule has 1 N–H and O–H groups in total. The molecule has 19 heteroatoms. The largest absolute Gasteiger partial charge is 0.277 e. The van der Waals surface area contributed by atoms with Gasteiger partial charge in [-0.2, -0.15) is 0 Å². The summed E-state index contributed by atoms with van der Waals surface area (Å²) in [5.74, 6) is -42.5. The van der Waals surface area contributed by atoms with E-state index in [0.29, 0.717) is 0 Å². The van der Waals surface area contributed by atoms with E-state index in [-0.39, 0.29) is 6.54 Å². The van der Waals surface area contributed by atoms with Gasteiger partial charge in [-0.25, -0.2) is 79.0 Å². The van der Waals surface area contributed by atoms with Gasteiger partial charge in [0.1, 0.15) is 0 Å². The third-order valence-electron chi connectivity index (χ3n) is 6.80. The molecule has 248 valence electrons. The smallest absolute Gasteiger partial charge is 0.251 e. The third kappa shape index (κ3) is 4.80. The molecular weight excluding hydrogens is 680 g/mol. The van der Waals surface area contributed by atoms with Crippen molar-refractivity contribution in [2.75, 3.05) is 6.54 Å². The summed E-state index contributed by atoms with van der Waals surface area (Å²) in [7, 11) is 0. The summed E-state index contributed by atoms with van der Waals surface area (Å²) < 4.78 is 243. The van der Waals surface area contributed by atoms with Gasteiger partial charge >= 0.3 is 0 Å². The SMILES string of the molecule is CCNC1(F)C(F)=C(F)C2=C(c3c(F)c(F)c(F)c(F)c3C2)C1F.Fc1c(F)c(F)c(-c2c(F)c(F)c(F)c(F)c2F)c(F)c1F. The number of hydrogen-bond acceptors (Lipinski definition) is 1. The summed E-state index contributed by atoms with van der Waals surface area (Å²) in [4.78, 5) is 0. The van der Waals surface area contributed by atoms with Gasteiger partial charge in [0, 0.05) is 28.7 Å². The van der Waals surface area contributed by atoms with Crippen molar-refractivity contribution in [2.24, 2.45) is 0 Å². The van der Waals surface area contributed by atoms with Gasteiger partial charge in [-0.3, -0.25) is 5.32 Å². The second-order valence-corrected chi connectivity index (χ2v) is 9.30. The molecule has 2 aliphatic rings. The Kier molecular flexibility index (Phi) is 8.97. The highest BCUT2D eigenvalue weighted by molar-refractivity contribution is 5.85. The number of rotatable bonds is 3. The van der Waals surface area contributed by atoms with Crippen LogP contribution in [0.4, 0.5) is 79.0 Å². The van der Waals surface area contributed by atoms with Gasteiger partial charge in [0.2, 0.25) is 11.6 Å². The molecule has 0 saturated heterocycles. The molecule has 46 heavy (non-hydrogen) atoms. The molecule has 0 aromatic heterocycles. The average molecular weight is 689 g/mol. The Hall–Kier alpha value is -4.16. The van der Waals surface area contributed by atoms with Gasteiger partial charge in [-0.15, -0.1) is 0 Å². The molecule has 3 aromatic rings. The van der Waals surface area contributed by atoms with E-state index in [4.69, 9.17) is 0 Å². The first-order chi connectivity index (χ1) is 21.3. The highest BCUT2D eigenvalue weighted by Gasteiger charge is 2.55. The van der Waals surface area contributed by atoms with Gasteiger partial charge in [0.15, 0.2) is 87.6 Å². The molecule has 0 heterocycles. The summed E-state index contributed by atoms with van der Waals surface area (Å²) in [6.07, 6.45) is -3.90. The second kappa shape index (κ2) is 11.9. The molecular formula is C27H9F18N. The average Bonchev–Trinajstić information content (AvgIpc) is 3.44. The molecule has 0 bridgehead atoms. The highest BCUT2D eigenvalue weighted by Crippen LogP contribution is 2.52. The monoisotopic (exact) mass is 689 g/mol. The number of nitrogens with one attached hydrogen (secondary N) is 1. The van der Waals surface area contributed by atoms with Crippen molar-refractivity contribution < 1.29 is 79.0 Å². The molecule has 0 amide bonds. The number of halogens is 18. The number of alkyl halides is 2. The Morgan fingerprint density at radius 1 is 0.522 bits per heavy atom. The zero-order valence-corrected chi connectivity index (χ0v) is 21.8. The van der Waals surface area contributed by atoms with Crippen molar-refractivity contribution in [3.63, 3.8) is 0 Å². The van der Waals surface area contributed by atoms with E-state index in [1.807, 2.05) is 0 Å². The zero-order chi connectivity index (χ0) is 34.9. The quantitative estimate of drug-likeness (QED) is 0.125.